The van der Waals surface area contributed by atoms with Gasteiger partial charge in [0.25, 0.3) is 0 Å². The van der Waals surface area contributed by atoms with Crippen LogP contribution in [0, 0.1) is 10.8 Å². The van der Waals surface area contributed by atoms with E-state index in [1.54, 1.807) is 11.1 Å². The highest BCUT2D eigenvalue weighted by Crippen LogP contribution is 2.61. The average Bonchev–Trinajstić information content (AvgIpc) is 2.79. The van der Waals surface area contributed by atoms with Gasteiger partial charge in [-0.2, -0.15) is 0 Å². The molecular formula is C32H48N2O4. The molecule has 0 aromatic heterocycles. The van der Waals surface area contributed by atoms with Gasteiger partial charge in [-0.15, -0.1) is 0 Å². The number of hydrogen-bond acceptors (Lipinski definition) is 4. The van der Waals surface area contributed by atoms with Crippen LogP contribution in [0.15, 0.2) is 24.3 Å². The molecule has 6 nitrogen and oxygen atoms in total. The molecule has 2 aliphatic heterocycles. The van der Waals surface area contributed by atoms with Crippen LogP contribution >= 0.6 is 0 Å². The third-order valence-electron chi connectivity index (χ3n) is 9.54. The molecule has 2 spiro atoms. The molecule has 0 unspecified atom stereocenters. The third kappa shape index (κ3) is 5.84. The summed E-state index contributed by atoms with van der Waals surface area (Å²) in [5.41, 5.74) is 3.05. The highest BCUT2D eigenvalue weighted by Gasteiger charge is 2.50. The quantitative estimate of drug-likeness (QED) is 0.402. The predicted octanol–water partition coefficient (Wildman–Crippen LogP) is 7.48. The van der Waals surface area contributed by atoms with Crippen LogP contribution in [-0.2, 0) is 9.47 Å². The smallest absolute Gasteiger partial charge is 0.410 e. The zero-order chi connectivity index (χ0) is 27.3. The fourth-order valence-electron chi connectivity index (χ4n) is 7.46. The van der Waals surface area contributed by atoms with E-state index in [0.717, 1.165) is 51.9 Å². The molecule has 0 atom stereocenters. The second kappa shape index (κ2) is 9.75. The van der Waals surface area contributed by atoms with Crippen molar-refractivity contribution in [1.82, 2.24) is 9.80 Å². The molecule has 210 valence electrons. The molecule has 0 N–H and O–H groups in total. The van der Waals surface area contributed by atoms with Gasteiger partial charge in [-0.1, -0.05) is 24.3 Å². The van der Waals surface area contributed by atoms with Crippen molar-refractivity contribution in [3.8, 4) is 0 Å². The van der Waals surface area contributed by atoms with Crippen molar-refractivity contribution in [2.75, 3.05) is 26.2 Å². The fraction of sp³-hybridized carbons (Fsp3) is 0.750. The molecule has 4 fully saturated rings. The maximum atomic E-state index is 12.5. The first-order valence-corrected chi connectivity index (χ1v) is 14.8. The lowest BCUT2D eigenvalue weighted by Gasteiger charge is -2.55. The summed E-state index contributed by atoms with van der Waals surface area (Å²) in [4.78, 5) is 28.8. The highest BCUT2D eigenvalue weighted by molar-refractivity contribution is 5.68. The minimum Gasteiger partial charge on any atom is -0.444 e. The number of benzene rings is 1. The maximum absolute atomic E-state index is 12.5. The lowest BCUT2D eigenvalue weighted by atomic mass is 9.52. The van der Waals surface area contributed by atoms with E-state index >= 15 is 0 Å². The molecule has 6 heteroatoms. The maximum Gasteiger partial charge on any atom is 0.410 e. The lowest BCUT2D eigenvalue weighted by Crippen LogP contribution is -2.50. The number of likely N-dealkylation sites (tertiary alicyclic amines) is 2. The van der Waals surface area contributed by atoms with Crippen LogP contribution in [0.1, 0.15) is 116 Å². The van der Waals surface area contributed by atoms with Crippen molar-refractivity contribution in [2.45, 2.75) is 116 Å². The van der Waals surface area contributed by atoms with Gasteiger partial charge in [0, 0.05) is 26.2 Å². The standard InChI is InChI=1S/C32H48N2O4/c1-29(2,3)37-27(35)33-15-11-31(12-16-33)19-23(20-31)25-9-7-8-10-26(25)24-21-32(22-24)13-17-34(18-14-32)28(36)38-30(4,5)6/h7-10,23-24H,11-22H2,1-6H3. The second-order valence-electron chi connectivity index (χ2n) is 14.8. The van der Waals surface area contributed by atoms with Gasteiger partial charge in [0.1, 0.15) is 11.2 Å². The summed E-state index contributed by atoms with van der Waals surface area (Å²) in [5.74, 6) is 1.29. The van der Waals surface area contributed by atoms with Gasteiger partial charge in [0.05, 0.1) is 0 Å². The number of amides is 2. The molecule has 2 amide bonds. The molecule has 1 aromatic rings. The topological polar surface area (TPSA) is 59.1 Å². The van der Waals surface area contributed by atoms with Crippen LogP contribution in [-0.4, -0.2) is 59.4 Å². The molecule has 38 heavy (non-hydrogen) atoms. The van der Waals surface area contributed by atoms with Crippen molar-refractivity contribution < 1.29 is 19.1 Å². The molecule has 0 radical (unpaired) electrons. The molecule has 2 heterocycles. The zero-order valence-electron chi connectivity index (χ0n) is 24.5. The Morgan fingerprint density at radius 1 is 0.658 bits per heavy atom. The van der Waals surface area contributed by atoms with E-state index in [1.165, 1.54) is 25.7 Å². The van der Waals surface area contributed by atoms with Gasteiger partial charge < -0.3 is 19.3 Å². The number of nitrogens with zero attached hydrogens (tertiary/aromatic N) is 2. The largest absolute Gasteiger partial charge is 0.444 e. The number of piperidine rings is 2. The molecule has 4 aliphatic rings. The summed E-state index contributed by atoms with van der Waals surface area (Å²) in [6.45, 7) is 14.8. The molecule has 2 aliphatic carbocycles. The van der Waals surface area contributed by atoms with Crippen LogP contribution in [0.5, 0.6) is 0 Å². The van der Waals surface area contributed by atoms with E-state index in [1.807, 2.05) is 51.3 Å². The predicted molar refractivity (Wildman–Crippen MR) is 149 cm³/mol. The summed E-state index contributed by atoms with van der Waals surface area (Å²) >= 11 is 0. The van der Waals surface area contributed by atoms with E-state index < -0.39 is 11.2 Å². The average molecular weight is 525 g/mol. The van der Waals surface area contributed by atoms with Crippen LogP contribution in [0.25, 0.3) is 0 Å². The first-order chi connectivity index (χ1) is 17.8. The Labute approximate surface area is 229 Å². The van der Waals surface area contributed by atoms with Crippen LogP contribution in [0.3, 0.4) is 0 Å². The molecule has 5 rings (SSSR count). The van der Waals surface area contributed by atoms with E-state index in [9.17, 15) is 9.59 Å². The number of rotatable bonds is 2. The molecule has 1 aromatic carbocycles. The first kappa shape index (κ1) is 27.3. The molecule has 0 bridgehead atoms. The van der Waals surface area contributed by atoms with Gasteiger partial charge in [0.15, 0.2) is 0 Å². The van der Waals surface area contributed by atoms with E-state index in [2.05, 4.69) is 24.3 Å². The SMILES string of the molecule is CC(C)(C)OC(=O)N1CCC2(CC1)CC(c1ccccc1C1CC3(CCN(C(=O)OC(C)(C)C)CC3)C1)C2. The fourth-order valence-corrected chi connectivity index (χ4v) is 7.46. The summed E-state index contributed by atoms with van der Waals surface area (Å²) in [7, 11) is 0. The minimum atomic E-state index is -0.438. The number of carbonyl (C=O) groups is 2. The minimum absolute atomic E-state index is 0.163. The van der Waals surface area contributed by atoms with Crippen molar-refractivity contribution >= 4 is 12.2 Å². The Morgan fingerprint density at radius 3 is 1.26 bits per heavy atom. The normalized spacial score (nSPS) is 25.1. The Hall–Kier alpha value is -2.24. The van der Waals surface area contributed by atoms with Crippen molar-refractivity contribution in [1.29, 1.82) is 0 Å². The summed E-state index contributed by atoms with van der Waals surface area (Å²) < 4.78 is 11.2. The van der Waals surface area contributed by atoms with Gasteiger partial charge in [-0.25, -0.2) is 9.59 Å². The van der Waals surface area contributed by atoms with Crippen molar-refractivity contribution in [2.24, 2.45) is 10.8 Å². The first-order valence-electron chi connectivity index (χ1n) is 14.8. The zero-order valence-corrected chi connectivity index (χ0v) is 24.5. The summed E-state index contributed by atoms with van der Waals surface area (Å²) in [5, 5.41) is 0. The molecule has 2 saturated carbocycles. The van der Waals surface area contributed by atoms with Crippen LogP contribution < -0.4 is 0 Å². The van der Waals surface area contributed by atoms with Crippen LogP contribution in [0.4, 0.5) is 9.59 Å². The van der Waals surface area contributed by atoms with Gasteiger partial charge >= 0.3 is 12.2 Å². The molecule has 2 saturated heterocycles. The van der Waals surface area contributed by atoms with Crippen molar-refractivity contribution in [3.63, 3.8) is 0 Å². The summed E-state index contributed by atoms with van der Waals surface area (Å²) in [6.07, 6.45) is 9.01. The Kier molecular flexibility index (Phi) is 7.01. The van der Waals surface area contributed by atoms with E-state index in [-0.39, 0.29) is 12.2 Å². The monoisotopic (exact) mass is 524 g/mol. The van der Waals surface area contributed by atoms with Gasteiger partial charge in [-0.05, 0) is 127 Å². The van der Waals surface area contributed by atoms with Gasteiger partial charge in [0.2, 0.25) is 0 Å². The van der Waals surface area contributed by atoms with E-state index in [4.69, 9.17) is 9.47 Å². The Morgan fingerprint density at radius 2 is 0.974 bits per heavy atom. The number of ether oxygens (including phenoxy) is 2. The lowest BCUT2D eigenvalue weighted by molar-refractivity contribution is -0.0161. The third-order valence-corrected chi connectivity index (χ3v) is 9.54. The van der Waals surface area contributed by atoms with E-state index in [0.29, 0.717) is 22.7 Å². The Balaban J connectivity index is 1.12. The summed E-state index contributed by atoms with van der Waals surface area (Å²) in [6, 6.07) is 9.17. The second-order valence-corrected chi connectivity index (χ2v) is 14.8. The Bertz CT molecular complexity index is 937. The van der Waals surface area contributed by atoms with Crippen LogP contribution in [0.2, 0.25) is 0 Å². The van der Waals surface area contributed by atoms with Crippen molar-refractivity contribution in [3.05, 3.63) is 35.4 Å². The van der Waals surface area contributed by atoms with Gasteiger partial charge in [-0.3, -0.25) is 0 Å². The number of hydrogen-bond donors (Lipinski definition) is 0. The highest BCUT2D eigenvalue weighted by atomic mass is 16.6. The molecular weight excluding hydrogens is 476 g/mol. The number of carbonyl (C=O) groups excluding carboxylic acids is 2.